The quantitative estimate of drug-likeness (QED) is 0.176. The third-order valence-electron chi connectivity index (χ3n) is 5.00. The number of ether oxygens (including phenoxy) is 5. The maximum Gasteiger partial charge on any atom is 0.175 e. The Labute approximate surface area is 208 Å². The first-order chi connectivity index (χ1) is 16.5. The zero-order chi connectivity index (χ0) is 24.5. The van der Waals surface area contributed by atoms with Crippen molar-refractivity contribution in [2.45, 2.75) is 6.92 Å². The van der Waals surface area contributed by atoms with Crippen molar-refractivity contribution in [2.75, 3.05) is 34.5 Å². The van der Waals surface area contributed by atoms with Gasteiger partial charge in [0, 0.05) is 0 Å². The van der Waals surface area contributed by atoms with E-state index in [1.807, 2.05) is 49.4 Å². The summed E-state index contributed by atoms with van der Waals surface area (Å²) in [5.41, 5.74) is 3.13. The maximum atomic E-state index is 9.76. The van der Waals surface area contributed by atoms with Crippen molar-refractivity contribution in [3.63, 3.8) is 0 Å². The SMILES string of the molecule is COc1ccc(/C(C#N)=C/c2cc(Br)c(OCCOc3ccc(C)cc3)c(OC)c2)cc1OC. The van der Waals surface area contributed by atoms with Crippen LogP contribution in [0.1, 0.15) is 16.7 Å². The predicted octanol–water partition coefficient (Wildman–Crippen LogP) is 6.31. The van der Waals surface area contributed by atoms with Crippen molar-refractivity contribution >= 4 is 27.6 Å². The highest BCUT2D eigenvalue weighted by atomic mass is 79.9. The van der Waals surface area contributed by atoms with Crippen LogP contribution in [0.4, 0.5) is 0 Å². The normalized spacial score (nSPS) is 10.9. The summed E-state index contributed by atoms with van der Waals surface area (Å²) >= 11 is 3.56. The number of methoxy groups -OCH3 is 3. The summed E-state index contributed by atoms with van der Waals surface area (Å²) in [5.74, 6) is 3.05. The minimum absolute atomic E-state index is 0.340. The number of hydrogen-bond donors (Lipinski definition) is 0. The van der Waals surface area contributed by atoms with E-state index in [0.717, 1.165) is 11.3 Å². The van der Waals surface area contributed by atoms with E-state index in [0.29, 0.717) is 51.8 Å². The molecule has 0 aromatic heterocycles. The van der Waals surface area contributed by atoms with Gasteiger partial charge in [0.15, 0.2) is 23.0 Å². The van der Waals surface area contributed by atoms with Crippen LogP contribution in [-0.2, 0) is 0 Å². The first-order valence-electron chi connectivity index (χ1n) is 10.5. The third kappa shape index (κ3) is 6.24. The van der Waals surface area contributed by atoms with Crippen molar-refractivity contribution in [2.24, 2.45) is 0 Å². The molecule has 0 saturated heterocycles. The molecule has 0 radical (unpaired) electrons. The lowest BCUT2D eigenvalue weighted by molar-refractivity contribution is 0.210. The number of hydrogen-bond acceptors (Lipinski definition) is 6. The number of benzene rings is 3. The van der Waals surface area contributed by atoms with Gasteiger partial charge in [-0.1, -0.05) is 17.7 Å². The largest absolute Gasteiger partial charge is 0.493 e. The second-order valence-corrected chi connectivity index (χ2v) is 8.14. The number of rotatable bonds is 10. The Morgan fingerprint density at radius 3 is 2.18 bits per heavy atom. The Morgan fingerprint density at radius 2 is 1.53 bits per heavy atom. The Balaban J connectivity index is 1.77. The Bertz CT molecular complexity index is 1200. The van der Waals surface area contributed by atoms with E-state index in [2.05, 4.69) is 22.0 Å². The number of nitrogens with zero attached hydrogens (tertiary/aromatic N) is 1. The molecule has 0 aliphatic heterocycles. The number of halogens is 1. The lowest BCUT2D eigenvalue weighted by Gasteiger charge is -2.14. The van der Waals surface area contributed by atoms with Crippen LogP contribution in [0.2, 0.25) is 0 Å². The molecule has 3 rings (SSSR count). The molecule has 0 aliphatic carbocycles. The van der Waals surface area contributed by atoms with Crippen LogP contribution in [0.25, 0.3) is 11.6 Å². The van der Waals surface area contributed by atoms with Crippen molar-refractivity contribution in [3.05, 3.63) is 75.8 Å². The molecule has 6 nitrogen and oxygen atoms in total. The monoisotopic (exact) mass is 523 g/mol. The van der Waals surface area contributed by atoms with Gasteiger partial charge in [-0.05, 0) is 82.5 Å². The zero-order valence-electron chi connectivity index (χ0n) is 19.6. The molecule has 3 aromatic carbocycles. The summed E-state index contributed by atoms with van der Waals surface area (Å²) in [5, 5.41) is 9.76. The number of aryl methyl sites for hydroxylation is 1. The Morgan fingerprint density at radius 1 is 0.853 bits per heavy atom. The van der Waals surface area contributed by atoms with Gasteiger partial charge in [0.05, 0.1) is 37.4 Å². The van der Waals surface area contributed by atoms with Crippen LogP contribution < -0.4 is 23.7 Å². The van der Waals surface area contributed by atoms with Crippen LogP contribution in [0.5, 0.6) is 28.7 Å². The molecule has 0 amide bonds. The highest BCUT2D eigenvalue weighted by molar-refractivity contribution is 9.10. The summed E-state index contributed by atoms with van der Waals surface area (Å²) < 4.78 is 28.5. The molecule has 0 saturated carbocycles. The average molecular weight is 524 g/mol. The molecule has 0 N–H and O–H groups in total. The minimum atomic E-state index is 0.340. The van der Waals surface area contributed by atoms with E-state index in [-0.39, 0.29) is 0 Å². The summed E-state index contributed by atoms with van der Waals surface area (Å²) in [6, 6.07) is 19.1. The van der Waals surface area contributed by atoms with Gasteiger partial charge in [0.2, 0.25) is 0 Å². The van der Waals surface area contributed by atoms with Crippen LogP contribution >= 0.6 is 15.9 Å². The standard InChI is InChI=1S/C27H26BrNO5/c1-18-5-8-22(9-6-18)33-11-12-34-27-23(28)14-19(15-26(27)32-4)13-21(17-29)20-7-10-24(30-2)25(16-20)31-3/h5-10,13-16H,11-12H2,1-4H3/b21-13+. The van der Waals surface area contributed by atoms with Gasteiger partial charge in [0.1, 0.15) is 19.0 Å². The Kier molecular flexibility index (Phi) is 8.83. The van der Waals surface area contributed by atoms with Gasteiger partial charge in [-0.2, -0.15) is 5.26 Å². The topological polar surface area (TPSA) is 69.9 Å². The molecule has 0 bridgehead atoms. The second kappa shape index (κ2) is 12.0. The van der Waals surface area contributed by atoms with Gasteiger partial charge in [-0.15, -0.1) is 0 Å². The summed E-state index contributed by atoms with van der Waals surface area (Å²) in [6.07, 6.45) is 1.78. The lowest BCUT2D eigenvalue weighted by atomic mass is 10.0. The summed E-state index contributed by atoms with van der Waals surface area (Å²) in [4.78, 5) is 0. The molecular weight excluding hydrogens is 498 g/mol. The van der Waals surface area contributed by atoms with E-state index < -0.39 is 0 Å². The van der Waals surface area contributed by atoms with Crippen LogP contribution in [0, 0.1) is 18.3 Å². The van der Waals surface area contributed by atoms with Crippen molar-refractivity contribution < 1.29 is 23.7 Å². The first kappa shape index (κ1) is 25.0. The first-order valence-corrected chi connectivity index (χ1v) is 11.3. The highest BCUT2D eigenvalue weighted by Crippen LogP contribution is 2.38. The van der Waals surface area contributed by atoms with E-state index >= 15 is 0 Å². The Hall–Kier alpha value is -3.63. The van der Waals surface area contributed by atoms with Crippen molar-refractivity contribution in [1.29, 1.82) is 5.26 Å². The lowest BCUT2D eigenvalue weighted by Crippen LogP contribution is -2.10. The molecule has 0 spiro atoms. The molecular formula is C27H26BrNO5. The van der Waals surface area contributed by atoms with Crippen LogP contribution in [-0.4, -0.2) is 34.5 Å². The van der Waals surface area contributed by atoms with Crippen molar-refractivity contribution in [1.82, 2.24) is 0 Å². The van der Waals surface area contributed by atoms with Crippen molar-refractivity contribution in [3.8, 4) is 34.8 Å². The van der Waals surface area contributed by atoms with E-state index in [1.165, 1.54) is 5.56 Å². The predicted molar refractivity (Wildman–Crippen MR) is 136 cm³/mol. The van der Waals surface area contributed by atoms with Gasteiger partial charge in [-0.3, -0.25) is 0 Å². The smallest absolute Gasteiger partial charge is 0.175 e. The molecule has 0 aliphatic rings. The number of nitriles is 1. The van der Waals surface area contributed by atoms with E-state index in [4.69, 9.17) is 23.7 Å². The van der Waals surface area contributed by atoms with Gasteiger partial charge in [-0.25, -0.2) is 0 Å². The molecule has 0 heterocycles. The minimum Gasteiger partial charge on any atom is -0.493 e. The molecule has 0 unspecified atom stereocenters. The second-order valence-electron chi connectivity index (χ2n) is 7.28. The third-order valence-corrected chi connectivity index (χ3v) is 5.59. The summed E-state index contributed by atoms with van der Waals surface area (Å²) in [7, 11) is 4.70. The average Bonchev–Trinajstić information content (AvgIpc) is 2.86. The molecule has 34 heavy (non-hydrogen) atoms. The molecule has 0 fully saturated rings. The molecule has 176 valence electrons. The fourth-order valence-electron chi connectivity index (χ4n) is 3.25. The highest BCUT2D eigenvalue weighted by Gasteiger charge is 2.13. The van der Waals surface area contributed by atoms with E-state index in [1.54, 1.807) is 39.5 Å². The number of allylic oxidation sites excluding steroid dienone is 1. The fraction of sp³-hybridized carbons (Fsp3) is 0.222. The molecule has 0 atom stereocenters. The van der Waals surface area contributed by atoms with Gasteiger partial charge < -0.3 is 23.7 Å². The zero-order valence-corrected chi connectivity index (χ0v) is 21.1. The van der Waals surface area contributed by atoms with Gasteiger partial charge >= 0.3 is 0 Å². The van der Waals surface area contributed by atoms with Crippen LogP contribution in [0.15, 0.2) is 59.1 Å². The van der Waals surface area contributed by atoms with Gasteiger partial charge in [0.25, 0.3) is 0 Å². The van der Waals surface area contributed by atoms with Crippen LogP contribution in [0.3, 0.4) is 0 Å². The van der Waals surface area contributed by atoms with E-state index in [9.17, 15) is 5.26 Å². The summed E-state index contributed by atoms with van der Waals surface area (Å²) in [6.45, 7) is 2.76. The molecule has 7 heteroatoms. The fourth-order valence-corrected chi connectivity index (χ4v) is 3.83. The maximum absolute atomic E-state index is 9.76. The molecule has 3 aromatic rings.